The molecule has 0 aromatic carbocycles. The monoisotopic (exact) mass is 763 g/mol. The third-order valence-corrected chi connectivity index (χ3v) is 9.90. The first-order valence-corrected chi connectivity index (χ1v) is 20.6. The van der Waals surface area contributed by atoms with Crippen molar-refractivity contribution < 1.29 is 43.2 Å². The van der Waals surface area contributed by atoms with Crippen LogP contribution in [0.5, 0.6) is 0 Å². The Bertz CT molecular complexity index is 1120. The van der Waals surface area contributed by atoms with Crippen molar-refractivity contribution in [2.24, 2.45) is 40.9 Å². The van der Waals surface area contributed by atoms with Gasteiger partial charge in [0.2, 0.25) is 0 Å². The van der Waals surface area contributed by atoms with Crippen molar-refractivity contribution in [2.75, 3.05) is 0 Å². The molecule has 4 unspecified atom stereocenters. The molecule has 312 valence electrons. The third kappa shape index (κ3) is 32.5. The molecule has 54 heavy (non-hydrogen) atoms. The van der Waals surface area contributed by atoms with Crippen LogP contribution in [-0.2, 0) is 43.2 Å². The van der Waals surface area contributed by atoms with Crippen LogP contribution >= 0.6 is 0 Å². The first kappa shape index (κ1) is 55.4. The van der Waals surface area contributed by atoms with Crippen molar-refractivity contribution in [1.82, 2.24) is 0 Å². The Balaban J connectivity index is -0.000000542. The lowest BCUT2D eigenvalue weighted by molar-refractivity contribution is -0.128. The molecule has 6 aliphatic rings. The van der Waals surface area contributed by atoms with Crippen LogP contribution in [0.1, 0.15) is 193 Å². The van der Waals surface area contributed by atoms with Gasteiger partial charge in [-0.15, -0.1) is 0 Å². The Morgan fingerprint density at radius 2 is 1.07 bits per heavy atom. The molecule has 0 aromatic heterocycles. The van der Waals surface area contributed by atoms with Gasteiger partial charge in [0.25, 0.3) is 0 Å². The van der Waals surface area contributed by atoms with E-state index in [1.807, 2.05) is 69.2 Å². The van der Waals surface area contributed by atoms with E-state index in [-0.39, 0.29) is 22.9 Å². The van der Waals surface area contributed by atoms with E-state index >= 15 is 0 Å². The van der Waals surface area contributed by atoms with Crippen LogP contribution in [0.3, 0.4) is 0 Å². The van der Waals surface area contributed by atoms with E-state index in [9.17, 15) is 43.2 Å². The number of carbonyl (C=O) groups excluding carboxylic acids is 9. The molecule has 0 saturated heterocycles. The van der Waals surface area contributed by atoms with Crippen LogP contribution in [0.25, 0.3) is 0 Å². The highest BCUT2D eigenvalue weighted by molar-refractivity contribution is 5.99. The predicted molar refractivity (Wildman–Crippen MR) is 217 cm³/mol. The average Bonchev–Trinajstić information content (AvgIpc) is 3.99. The van der Waals surface area contributed by atoms with Gasteiger partial charge in [-0.1, -0.05) is 83.1 Å². The van der Waals surface area contributed by atoms with E-state index in [1.54, 1.807) is 13.8 Å². The summed E-state index contributed by atoms with van der Waals surface area (Å²) in [6.45, 7) is 26.8. The van der Waals surface area contributed by atoms with E-state index in [0.29, 0.717) is 82.9 Å². The van der Waals surface area contributed by atoms with Crippen molar-refractivity contribution in [1.29, 1.82) is 0 Å². The maximum atomic E-state index is 10.2. The first-order valence-electron chi connectivity index (χ1n) is 20.6. The Labute approximate surface area is 328 Å². The fourth-order valence-corrected chi connectivity index (χ4v) is 4.08. The minimum Gasteiger partial charge on any atom is -0.300 e. The SMILES string of the molecule is CC(=O)C(C)C.CC1(C)CC1=O.CC1C(=O)C1C.CC1CC(=O)C1.CC1CCC1=O.CCC(=O)CC.CCC1CC1=O.CCCC(C)=O.O=C1CCCC1. The topological polar surface area (TPSA) is 154 Å². The maximum absolute atomic E-state index is 10.2. The lowest BCUT2D eigenvalue weighted by Crippen LogP contribution is -2.21. The second kappa shape index (κ2) is 30.3. The van der Waals surface area contributed by atoms with Crippen LogP contribution in [0, 0.1) is 40.9 Å². The summed E-state index contributed by atoms with van der Waals surface area (Å²) in [5.74, 6) is 6.03. The van der Waals surface area contributed by atoms with E-state index in [0.717, 1.165) is 83.5 Å². The fourth-order valence-electron chi connectivity index (χ4n) is 4.08. The molecule has 0 aliphatic heterocycles. The standard InChI is InChI=1S/6C5H8O.3C5H10O/c1-5(2)3-4(5)6;1-4-2-5(6)3-4;1-4-2-3-5(4)6;1-3-4(2)5(3)6;1-2-4-3-5(4)6;6-5-3-1-2-4-5;1-4(2)5(3)6;1-3-4-5(2)6;1-3-5(6)4-2/h3H2,1-2H3;2*4H,2-3H2,1H3;3-4H,1-2H3;4H,2-3H2,1H3;1-4H2;4H,1-3H3;2*3-4H2,1-2H3. The Hall–Kier alpha value is -2.97. The van der Waals surface area contributed by atoms with Gasteiger partial charge in [-0.3, -0.25) is 38.4 Å². The molecule has 6 saturated carbocycles. The zero-order chi connectivity index (χ0) is 42.8. The molecule has 0 amide bonds. The van der Waals surface area contributed by atoms with Crippen LogP contribution in [0.4, 0.5) is 0 Å². The maximum Gasteiger partial charge on any atom is 0.139 e. The summed E-state index contributed by atoms with van der Waals surface area (Å²) in [5, 5.41) is 0. The number of hydrogen-bond acceptors (Lipinski definition) is 9. The van der Waals surface area contributed by atoms with Crippen molar-refractivity contribution >= 4 is 52.0 Å². The molecule has 0 N–H and O–H groups in total. The van der Waals surface area contributed by atoms with E-state index < -0.39 is 0 Å². The predicted octanol–water partition coefficient (Wildman–Crippen LogP) is 9.89. The van der Waals surface area contributed by atoms with Crippen molar-refractivity contribution in [3.8, 4) is 0 Å². The summed E-state index contributed by atoms with van der Waals surface area (Å²) >= 11 is 0. The number of hydrogen-bond donors (Lipinski definition) is 0. The Morgan fingerprint density at radius 1 is 0.704 bits per heavy atom. The van der Waals surface area contributed by atoms with Crippen molar-refractivity contribution in [3.05, 3.63) is 0 Å². The molecule has 0 radical (unpaired) electrons. The summed E-state index contributed by atoms with van der Waals surface area (Å²) < 4.78 is 0. The molecule has 6 fully saturated rings. The van der Waals surface area contributed by atoms with Crippen LogP contribution in [0.2, 0.25) is 0 Å². The largest absolute Gasteiger partial charge is 0.300 e. The second-order valence-corrected chi connectivity index (χ2v) is 16.4. The van der Waals surface area contributed by atoms with Crippen LogP contribution in [-0.4, -0.2) is 52.0 Å². The molecular weight excluding hydrogens is 684 g/mol. The van der Waals surface area contributed by atoms with E-state index in [2.05, 4.69) is 13.8 Å². The fraction of sp³-hybridized carbons (Fsp3) is 0.800. The van der Waals surface area contributed by atoms with Crippen molar-refractivity contribution in [2.45, 2.75) is 193 Å². The molecule has 6 aliphatic carbocycles. The Morgan fingerprint density at radius 3 is 1.09 bits per heavy atom. The van der Waals surface area contributed by atoms with Crippen molar-refractivity contribution in [3.63, 3.8) is 0 Å². The van der Waals surface area contributed by atoms with Crippen LogP contribution < -0.4 is 0 Å². The van der Waals surface area contributed by atoms with Gasteiger partial charge < -0.3 is 4.79 Å². The summed E-state index contributed by atoms with van der Waals surface area (Å²) in [5.41, 5.74) is 0.0694. The Kier molecular flexibility index (Phi) is 31.0. The van der Waals surface area contributed by atoms with Gasteiger partial charge in [-0.05, 0) is 51.9 Å². The lowest BCUT2D eigenvalue weighted by atomic mass is 9.86. The molecule has 0 heterocycles. The van der Waals surface area contributed by atoms with Gasteiger partial charge in [0.1, 0.15) is 52.0 Å². The summed E-state index contributed by atoms with van der Waals surface area (Å²) in [6, 6.07) is 0. The van der Waals surface area contributed by atoms with E-state index in [4.69, 9.17) is 0 Å². The molecule has 0 bridgehead atoms. The summed E-state index contributed by atoms with van der Waals surface area (Å²) in [7, 11) is 0. The number of ketones is 9. The summed E-state index contributed by atoms with van der Waals surface area (Å²) in [6.07, 6.45) is 13.4. The number of carbonyl (C=O) groups is 9. The molecule has 6 rings (SSSR count). The normalized spacial score (nSPS) is 22.9. The molecule has 9 heteroatoms. The molecule has 0 aromatic rings. The van der Waals surface area contributed by atoms with Gasteiger partial charge in [-0.25, -0.2) is 0 Å². The second-order valence-electron chi connectivity index (χ2n) is 16.4. The summed E-state index contributed by atoms with van der Waals surface area (Å²) in [4.78, 5) is 91.5. The molecule has 9 nitrogen and oxygen atoms in total. The van der Waals surface area contributed by atoms with Gasteiger partial charge in [0, 0.05) is 99.2 Å². The molecular formula is C45H78O9. The average molecular weight is 763 g/mol. The van der Waals surface area contributed by atoms with Gasteiger partial charge in [0.05, 0.1) is 0 Å². The third-order valence-electron chi connectivity index (χ3n) is 9.90. The highest BCUT2D eigenvalue weighted by Gasteiger charge is 2.43. The van der Waals surface area contributed by atoms with Gasteiger partial charge in [0.15, 0.2) is 0 Å². The zero-order valence-electron chi connectivity index (χ0n) is 36.7. The lowest BCUT2D eigenvalue weighted by Gasteiger charge is -2.17. The van der Waals surface area contributed by atoms with Gasteiger partial charge >= 0.3 is 0 Å². The molecule has 0 spiro atoms. The smallest absolute Gasteiger partial charge is 0.139 e. The van der Waals surface area contributed by atoms with E-state index in [1.165, 1.54) is 0 Å². The van der Waals surface area contributed by atoms with Crippen LogP contribution in [0.15, 0.2) is 0 Å². The minimum atomic E-state index is 0.0694. The molecule has 4 atom stereocenters. The highest BCUT2D eigenvalue weighted by Crippen LogP contribution is 2.38. The first-order chi connectivity index (χ1) is 24.9. The minimum absolute atomic E-state index is 0.0694. The van der Waals surface area contributed by atoms with Gasteiger partial charge in [-0.2, -0.15) is 0 Å². The zero-order valence-corrected chi connectivity index (χ0v) is 36.7. The number of rotatable bonds is 6. The highest BCUT2D eigenvalue weighted by atomic mass is 16.2. The quantitative estimate of drug-likeness (QED) is 0.257. The number of Topliss-reactive ketones (excluding diaryl/α,β-unsaturated/α-hetero) is 9.